The van der Waals surface area contributed by atoms with E-state index in [-0.39, 0.29) is 12.6 Å². The summed E-state index contributed by atoms with van der Waals surface area (Å²) in [5.74, 6) is 0.687. The van der Waals surface area contributed by atoms with E-state index in [9.17, 15) is 8.42 Å². The van der Waals surface area contributed by atoms with E-state index in [4.69, 9.17) is 9.47 Å². The molecule has 8 heteroatoms. The van der Waals surface area contributed by atoms with Crippen LogP contribution in [-0.4, -0.2) is 49.3 Å². The largest absolute Gasteiger partial charge is 0.496 e. The average Bonchev–Trinajstić information content (AvgIpc) is 3.03. The quantitative estimate of drug-likeness (QED) is 0.826. The molecule has 0 radical (unpaired) electrons. The summed E-state index contributed by atoms with van der Waals surface area (Å²) in [4.78, 5) is 0.317. The fraction of sp³-hybridized carbons (Fsp3) is 0.471. The molecule has 0 N–H and O–H groups in total. The van der Waals surface area contributed by atoms with Crippen molar-refractivity contribution < 1.29 is 17.9 Å². The Morgan fingerprint density at radius 1 is 1.28 bits per heavy atom. The van der Waals surface area contributed by atoms with Crippen LogP contribution in [0.2, 0.25) is 0 Å². The first-order valence-corrected chi connectivity index (χ1v) is 9.52. The van der Waals surface area contributed by atoms with Crippen molar-refractivity contribution in [3.63, 3.8) is 0 Å². The number of methoxy groups -OCH3 is 1. The van der Waals surface area contributed by atoms with Gasteiger partial charge in [0.1, 0.15) is 5.75 Å². The minimum absolute atomic E-state index is 0.276. The van der Waals surface area contributed by atoms with Gasteiger partial charge in [-0.15, -0.1) is 0 Å². The zero-order valence-corrected chi connectivity index (χ0v) is 15.7. The predicted molar refractivity (Wildman–Crippen MR) is 93.1 cm³/mol. The lowest BCUT2D eigenvalue weighted by molar-refractivity contribution is -0.00260. The summed E-state index contributed by atoms with van der Waals surface area (Å²) in [5, 5.41) is 4.14. The minimum atomic E-state index is -3.60. The van der Waals surface area contributed by atoms with Gasteiger partial charge in [0.2, 0.25) is 10.0 Å². The first-order valence-electron chi connectivity index (χ1n) is 8.08. The van der Waals surface area contributed by atoms with Gasteiger partial charge in [0.05, 0.1) is 30.9 Å². The number of ether oxygens (including phenoxy) is 2. The molecule has 1 aliphatic heterocycles. The van der Waals surface area contributed by atoms with Crippen LogP contribution in [0.1, 0.15) is 22.8 Å². The summed E-state index contributed by atoms with van der Waals surface area (Å²) in [5.41, 5.74) is 2.35. The van der Waals surface area contributed by atoms with Crippen LogP contribution in [0, 0.1) is 13.8 Å². The Labute approximate surface area is 148 Å². The Hall–Kier alpha value is -1.90. The highest BCUT2D eigenvalue weighted by Crippen LogP contribution is 2.30. The predicted octanol–water partition coefficient (Wildman–Crippen LogP) is 1.81. The summed E-state index contributed by atoms with van der Waals surface area (Å²) >= 11 is 0. The van der Waals surface area contributed by atoms with Crippen LogP contribution in [-0.2, 0) is 21.8 Å². The van der Waals surface area contributed by atoms with Crippen molar-refractivity contribution in [3.8, 4) is 5.75 Å². The third kappa shape index (κ3) is 3.42. The van der Waals surface area contributed by atoms with Crippen LogP contribution in [0.3, 0.4) is 0 Å². The normalized spacial score (nSPS) is 19.1. The number of sulfonamides is 1. The number of rotatable bonds is 4. The molecule has 7 nitrogen and oxygen atoms in total. The Kier molecular flexibility index (Phi) is 4.86. The van der Waals surface area contributed by atoms with Gasteiger partial charge in [0, 0.05) is 31.9 Å². The Balaban J connectivity index is 1.90. The number of hydrogen-bond acceptors (Lipinski definition) is 5. The van der Waals surface area contributed by atoms with Gasteiger partial charge in [0.15, 0.2) is 0 Å². The van der Waals surface area contributed by atoms with Crippen molar-refractivity contribution >= 4 is 10.0 Å². The molecule has 1 fully saturated rings. The first kappa shape index (κ1) is 17.9. The molecule has 0 aliphatic carbocycles. The van der Waals surface area contributed by atoms with Crippen LogP contribution >= 0.6 is 0 Å². The Bertz CT molecular complexity index is 876. The van der Waals surface area contributed by atoms with E-state index in [2.05, 4.69) is 5.10 Å². The maximum Gasteiger partial charge on any atom is 0.243 e. The zero-order valence-electron chi connectivity index (χ0n) is 14.9. The number of aromatic nitrogens is 2. The van der Waals surface area contributed by atoms with Gasteiger partial charge in [-0.1, -0.05) is 0 Å². The minimum Gasteiger partial charge on any atom is -0.496 e. The highest BCUT2D eigenvalue weighted by molar-refractivity contribution is 7.89. The van der Waals surface area contributed by atoms with Gasteiger partial charge in [-0.25, -0.2) is 8.42 Å². The number of benzene rings is 1. The zero-order chi connectivity index (χ0) is 18.2. The highest BCUT2D eigenvalue weighted by atomic mass is 32.2. The third-order valence-electron chi connectivity index (χ3n) is 4.44. The molecular formula is C17H23N3O4S. The van der Waals surface area contributed by atoms with Gasteiger partial charge >= 0.3 is 0 Å². The Morgan fingerprint density at radius 3 is 2.68 bits per heavy atom. The standard InChI is InChI=1S/C17H23N3O4S/c1-12-8-17(13(2)7-15(12)23-4)25(21,22)20-5-6-24-16(11-20)14-9-18-19(3)10-14/h7-10,16H,5-6,11H2,1-4H3. The molecular weight excluding hydrogens is 342 g/mol. The Morgan fingerprint density at radius 2 is 2.04 bits per heavy atom. The topological polar surface area (TPSA) is 73.7 Å². The molecule has 1 aromatic carbocycles. The molecule has 0 saturated carbocycles. The molecule has 0 bridgehead atoms. The monoisotopic (exact) mass is 365 g/mol. The van der Waals surface area contributed by atoms with Crippen molar-refractivity contribution in [3.05, 3.63) is 41.2 Å². The molecule has 1 aliphatic rings. The van der Waals surface area contributed by atoms with Crippen molar-refractivity contribution in [2.75, 3.05) is 26.8 Å². The average molecular weight is 365 g/mol. The molecule has 2 heterocycles. The molecule has 136 valence electrons. The molecule has 1 saturated heterocycles. The number of aryl methyl sites for hydroxylation is 3. The molecule has 2 aromatic rings. The fourth-order valence-electron chi connectivity index (χ4n) is 3.05. The van der Waals surface area contributed by atoms with E-state index < -0.39 is 10.0 Å². The molecule has 0 spiro atoms. The second-order valence-electron chi connectivity index (χ2n) is 6.26. The van der Waals surface area contributed by atoms with Crippen molar-refractivity contribution in [1.82, 2.24) is 14.1 Å². The lowest BCUT2D eigenvalue weighted by Crippen LogP contribution is -2.42. The van der Waals surface area contributed by atoms with Crippen LogP contribution in [0.4, 0.5) is 0 Å². The van der Waals surface area contributed by atoms with Crippen LogP contribution in [0.15, 0.2) is 29.4 Å². The molecule has 3 rings (SSSR count). The van der Waals surface area contributed by atoms with Crippen LogP contribution in [0.5, 0.6) is 5.75 Å². The summed E-state index contributed by atoms with van der Waals surface area (Å²) in [6.07, 6.45) is 3.25. The molecule has 1 aromatic heterocycles. The van der Waals surface area contributed by atoms with Gasteiger partial charge in [-0.05, 0) is 37.1 Å². The van der Waals surface area contributed by atoms with Crippen molar-refractivity contribution in [2.24, 2.45) is 7.05 Å². The fourth-order valence-corrected chi connectivity index (χ4v) is 4.77. The van der Waals surface area contributed by atoms with E-state index in [1.807, 2.05) is 20.2 Å². The van der Waals surface area contributed by atoms with Crippen molar-refractivity contribution in [1.29, 1.82) is 0 Å². The smallest absolute Gasteiger partial charge is 0.243 e. The van der Waals surface area contributed by atoms with E-state index in [1.54, 1.807) is 37.0 Å². The van der Waals surface area contributed by atoms with Crippen LogP contribution in [0.25, 0.3) is 0 Å². The summed E-state index contributed by atoms with van der Waals surface area (Å²) in [7, 11) is -0.200. The van der Waals surface area contributed by atoms with Gasteiger partial charge in [-0.3, -0.25) is 4.68 Å². The first-order chi connectivity index (χ1) is 11.8. The van der Waals surface area contributed by atoms with Crippen molar-refractivity contribution in [2.45, 2.75) is 24.8 Å². The lowest BCUT2D eigenvalue weighted by atomic mass is 10.1. The van der Waals surface area contributed by atoms with Gasteiger partial charge in [-0.2, -0.15) is 9.40 Å². The summed E-state index contributed by atoms with van der Waals surface area (Å²) in [6.45, 7) is 4.60. The summed E-state index contributed by atoms with van der Waals surface area (Å²) < 4.78 is 40.5. The second-order valence-corrected chi connectivity index (χ2v) is 8.16. The number of hydrogen-bond donors (Lipinski definition) is 0. The van der Waals surface area contributed by atoms with Gasteiger partial charge in [0.25, 0.3) is 0 Å². The maximum absolute atomic E-state index is 13.2. The summed E-state index contributed by atoms with van der Waals surface area (Å²) in [6, 6.07) is 3.44. The van der Waals surface area contributed by atoms with E-state index >= 15 is 0 Å². The number of nitrogens with zero attached hydrogens (tertiary/aromatic N) is 3. The third-order valence-corrected chi connectivity index (χ3v) is 6.44. The maximum atomic E-state index is 13.2. The highest BCUT2D eigenvalue weighted by Gasteiger charge is 2.33. The second kappa shape index (κ2) is 6.78. The SMILES string of the molecule is COc1cc(C)c(S(=O)(=O)N2CCOC(c3cnn(C)c3)C2)cc1C. The molecule has 1 unspecified atom stereocenters. The van der Waals surface area contributed by atoms with E-state index in [0.29, 0.717) is 29.4 Å². The molecule has 0 amide bonds. The van der Waals surface area contributed by atoms with Gasteiger partial charge < -0.3 is 9.47 Å². The van der Waals surface area contributed by atoms with Crippen LogP contribution < -0.4 is 4.74 Å². The molecule has 25 heavy (non-hydrogen) atoms. The van der Waals surface area contributed by atoms with E-state index in [0.717, 1.165) is 11.1 Å². The van der Waals surface area contributed by atoms with E-state index in [1.165, 1.54) is 4.31 Å². The lowest BCUT2D eigenvalue weighted by Gasteiger charge is -2.32. The molecule has 1 atom stereocenters. The number of morpholine rings is 1.